The molecule has 0 unspecified atom stereocenters. The molecule has 2 rings (SSSR count). The van der Waals surface area contributed by atoms with Crippen molar-refractivity contribution in [1.82, 2.24) is 0 Å². The number of thiophene rings is 1. The summed E-state index contributed by atoms with van der Waals surface area (Å²) in [5.74, 6) is -1.06. The fraction of sp³-hybridized carbons (Fsp3) is 0.316. The lowest BCUT2D eigenvalue weighted by Gasteiger charge is -2.08. The van der Waals surface area contributed by atoms with Crippen molar-refractivity contribution in [2.24, 2.45) is 0 Å². The quantitative estimate of drug-likeness (QED) is 0.715. The Bertz CT molecular complexity index is 1050. The summed E-state index contributed by atoms with van der Waals surface area (Å²) in [6, 6.07) is 7.55. The average Bonchev–Trinajstić information content (AvgIpc) is 2.97. The predicted molar refractivity (Wildman–Crippen MR) is 106 cm³/mol. The summed E-state index contributed by atoms with van der Waals surface area (Å²) >= 11 is 0.968. The van der Waals surface area contributed by atoms with Crippen LogP contribution in [0.15, 0.2) is 29.2 Å². The van der Waals surface area contributed by atoms with Crippen LogP contribution in [0.1, 0.15) is 51.9 Å². The summed E-state index contributed by atoms with van der Waals surface area (Å²) in [4.78, 5) is 24.9. The van der Waals surface area contributed by atoms with Crippen LogP contribution in [0.2, 0.25) is 0 Å². The standard InChI is InChI=1S/C19H20N2O5S2/c1-5-26-19(23)16-12(4)15(10-20)18(27-16)21-17(22)13-6-8-14(9-7-13)28(24,25)11(2)3/h6-9,11H,5H2,1-4H3,(H,21,22). The SMILES string of the molecule is CCOC(=O)c1sc(NC(=O)c2ccc(S(=O)(=O)C(C)C)cc2)c(C#N)c1C. The van der Waals surface area contributed by atoms with Crippen LogP contribution >= 0.6 is 11.3 Å². The first-order valence-corrected chi connectivity index (χ1v) is 10.9. The van der Waals surface area contributed by atoms with E-state index in [0.717, 1.165) is 11.3 Å². The number of anilines is 1. The summed E-state index contributed by atoms with van der Waals surface area (Å²) in [5, 5.41) is 11.7. The number of nitrogens with zero attached hydrogens (tertiary/aromatic N) is 1. The minimum atomic E-state index is -3.43. The van der Waals surface area contributed by atoms with Gasteiger partial charge in [-0.05, 0) is 57.5 Å². The van der Waals surface area contributed by atoms with Gasteiger partial charge in [-0.15, -0.1) is 11.3 Å². The number of esters is 1. The van der Waals surface area contributed by atoms with Crippen molar-refractivity contribution in [1.29, 1.82) is 5.26 Å². The molecule has 0 aliphatic carbocycles. The number of rotatable bonds is 6. The second-order valence-electron chi connectivity index (χ2n) is 6.16. The molecule has 0 aliphatic rings. The average molecular weight is 421 g/mol. The van der Waals surface area contributed by atoms with Gasteiger partial charge in [0, 0.05) is 5.56 Å². The van der Waals surface area contributed by atoms with E-state index in [9.17, 15) is 23.3 Å². The number of benzene rings is 1. The lowest BCUT2D eigenvalue weighted by atomic mass is 10.1. The van der Waals surface area contributed by atoms with Gasteiger partial charge in [0.25, 0.3) is 5.91 Å². The Morgan fingerprint density at radius 3 is 2.36 bits per heavy atom. The van der Waals surface area contributed by atoms with Crippen molar-refractivity contribution in [3.8, 4) is 6.07 Å². The van der Waals surface area contributed by atoms with E-state index >= 15 is 0 Å². The number of hydrogen-bond acceptors (Lipinski definition) is 7. The number of hydrogen-bond donors (Lipinski definition) is 1. The van der Waals surface area contributed by atoms with Crippen molar-refractivity contribution in [2.75, 3.05) is 11.9 Å². The minimum Gasteiger partial charge on any atom is -0.462 e. The number of ether oxygens (including phenoxy) is 1. The van der Waals surface area contributed by atoms with Crippen molar-refractivity contribution in [3.05, 3.63) is 45.8 Å². The Kier molecular flexibility index (Phi) is 6.59. The predicted octanol–water partition coefficient (Wildman–Crippen LogP) is 3.54. The van der Waals surface area contributed by atoms with Crippen LogP contribution in [0, 0.1) is 18.3 Å². The van der Waals surface area contributed by atoms with Crippen molar-refractivity contribution < 1.29 is 22.7 Å². The van der Waals surface area contributed by atoms with Crippen LogP contribution in [0.3, 0.4) is 0 Å². The largest absolute Gasteiger partial charge is 0.462 e. The van der Waals surface area contributed by atoms with E-state index in [-0.39, 0.29) is 32.5 Å². The summed E-state index contributed by atoms with van der Waals surface area (Å²) in [5.41, 5.74) is 0.871. The Labute approximate surface area is 167 Å². The molecule has 0 saturated carbocycles. The lowest BCUT2D eigenvalue weighted by Crippen LogP contribution is -2.15. The van der Waals surface area contributed by atoms with Crippen molar-refractivity contribution in [2.45, 2.75) is 37.8 Å². The number of nitrogens with one attached hydrogen (secondary N) is 1. The van der Waals surface area contributed by atoms with E-state index < -0.39 is 27.0 Å². The van der Waals surface area contributed by atoms with Gasteiger partial charge in [0.2, 0.25) is 0 Å². The molecule has 7 nitrogen and oxygen atoms in total. The maximum absolute atomic E-state index is 12.5. The molecule has 1 N–H and O–H groups in total. The Morgan fingerprint density at radius 1 is 1.25 bits per heavy atom. The zero-order valence-corrected chi connectivity index (χ0v) is 17.5. The van der Waals surface area contributed by atoms with Gasteiger partial charge >= 0.3 is 5.97 Å². The highest BCUT2D eigenvalue weighted by Crippen LogP contribution is 2.33. The van der Waals surface area contributed by atoms with Crippen LogP contribution in [0.5, 0.6) is 0 Å². The number of amides is 1. The number of carbonyl (C=O) groups excluding carboxylic acids is 2. The van der Waals surface area contributed by atoms with Crippen LogP contribution in [0.25, 0.3) is 0 Å². The van der Waals surface area contributed by atoms with Crippen LogP contribution in [-0.2, 0) is 14.6 Å². The normalized spacial score (nSPS) is 11.1. The Morgan fingerprint density at radius 2 is 1.86 bits per heavy atom. The smallest absolute Gasteiger partial charge is 0.348 e. The van der Waals surface area contributed by atoms with E-state index in [1.807, 2.05) is 6.07 Å². The molecule has 28 heavy (non-hydrogen) atoms. The highest BCUT2D eigenvalue weighted by atomic mass is 32.2. The molecule has 1 aromatic carbocycles. The van der Waals surface area contributed by atoms with E-state index in [2.05, 4.69) is 5.32 Å². The Balaban J connectivity index is 2.29. The summed E-state index contributed by atoms with van der Waals surface area (Å²) in [6.07, 6.45) is 0. The van der Waals surface area contributed by atoms with Gasteiger partial charge in [0.1, 0.15) is 15.9 Å². The zero-order chi connectivity index (χ0) is 21.1. The molecule has 0 spiro atoms. The highest BCUT2D eigenvalue weighted by molar-refractivity contribution is 7.92. The third-order valence-electron chi connectivity index (χ3n) is 4.01. The van der Waals surface area contributed by atoms with Gasteiger partial charge < -0.3 is 10.1 Å². The van der Waals surface area contributed by atoms with Gasteiger partial charge in [-0.1, -0.05) is 0 Å². The number of sulfone groups is 1. The van der Waals surface area contributed by atoms with Crippen LogP contribution in [0.4, 0.5) is 5.00 Å². The Hall–Kier alpha value is -2.70. The molecule has 1 aromatic heterocycles. The van der Waals surface area contributed by atoms with Crippen molar-refractivity contribution >= 4 is 38.1 Å². The first-order valence-electron chi connectivity index (χ1n) is 8.49. The summed E-state index contributed by atoms with van der Waals surface area (Å²) in [6.45, 7) is 6.66. The first kappa shape index (κ1) is 21.6. The third-order valence-corrected chi connectivity index (χ3v) is 7.37. The van der Waals surface area contributed by atoms with Gasteiger partial charge in [-0.2, -0.15) is 5.26 Å². The van der Waals surface area contributed by atoms with Gasteiger partial charge in [0.05, 0.1) is 22.3 Å². The van der Waals surface area contributed by atoms with E-state index in [1.54, 1.807) is 27.7 Å². The fourth-order valence-corrected chi connectivity index (χ4v) is 4.48. The fourth-order valence-electron chi connectivity index (χ4n) is 2.37. The molecule has 0 radical (unpaired) electrons. The second-order valence-corrected chi connectivity index (χ2v) is 9.69. The maximum Gasteiger partial charge on any atom is 0.348 e. The molecule has 1 amide bonds. The maximum atomic E-state index is 12.5. The molecule has 148 valence electrons. The molecule has 0 bridgehead atoms. The van der Waals surface area contributed by atoms with Gasteiger partial charge in [-0.3, -0.25) is 4.79 Å². The second kappa shape index (κ2) is 8.54. The van der Waals surface area contributed by atoms with Crippen LogP contribution in [-0.4, -0.2) is 32.2 Å². The molecule has 0 fully saturated rings. The minimum absolute atomic E-state index is 0.133. The number of nitriles is 1. The third kappa shape index (κ3) is 4.24. The van der Waals surface area contributed by atoms with Crippen molar-refractivity contribution in [3.63, 3.8) is 0 Å². The molecular weight excluding hydrogens is 400 g/mol. The molecule has 0 saturated heterocycles. The molecule has 0 atom stereocenters. The van der Waals surface area contributed by atoms with E-state index in [1.165, 1.54) is 24.3 Å². The first-order chi connectivity index (χ1) is 13.1. The summed E-state index contributed by atoms with van der Waals surface area (Å²) < 4.78 is 29.3. The molecule has 0 aliphatic heterocycles. The molecule has 9 heteroatoms. The molecular formula is C19H20N2O5S2. The molecule has 1 heterocycles. The highest BCUT2D eigenvalue weighted by Gasteiger charge is 2.23. The lowest BCUT2D eigenvalue weighted by molar-refractivity contribution is 0.0531. The van der Waals surface area contributed by atoms with E-state index in [4.69, 9.17) is 4.74 Å². The van der Waals surface area contributed by atoms with Gasteiger partial charge in [-0.25, -0.2) is 13.2 Å². The monoisotopic (exact) mass is 420 g/mol. The van der Waals surface area contributed by atoms with Crippen LogP contribution < -0.4 is 5.32 Å². The molecule has 2 aromatic rings. The van der Waals surface area contributed by atoms with E-state index in [0.29, 0.717) is 5.56 Å². The zero-order valence-electron chi connectivity index (χ0n) is 15.9. The number of carbonyl (C=O) groups is 2. The van der Waals surface area contributed by atoms with Gasteiger partial charge in [0.15, 0.2) is 9.84 Å². The summed E-state index contributed by atoms with van der Waals surface area (Å²) in [7, 11) is -3.43. The topological polar surface area (TPSA) is 113 Å².